The molecule has 4 aliphatic rings. The second kappa shape index (κ2) is 28.2. The van der Waals surface area contributed by atoms with Gasteiger partial charge in [0.25, 0.3) is 0 Å². The molecule has 29 heteroatoms. The van der Waals surface area contributed by atoms with E-state index in [1.807, 2.05) is 0 Å². The number of phenols is 2. The number of carbonyl (C=O) groups is 4. The number of rotatable bonds is 22. The van der Waals surface area contributed by atoms with Crippen LogP contribution in [0.1, 0.15) is 28.4 Å². The number of phenolic OH excluding ortho intramolecular Hbond substituents is 2. The molecule has 0 bridgehead atoms. The molecule has 0 amide bonds. The van der Waals surface area contributed by atoms with Crippen LogP contribution in [0.3, 0.4) is 0 Å². The molecule has 0 aliphatic carbocycles. The highest BCUT2D eigenvalue weighted by molar-refractivity contribution is 5.90. The van der Waals surface area contributed by atoms with Gasteiger partial charge >= 0.3 is 23.9 Å². The van der Waals surface area contributed by atoms with Crippen LogP contribution in [0.2, 0.25) is 0 Å². The second-order valence-electron chi connectivity index (χ2n) is 18.9. The molecule has 0 spiro atoms. The standard InChI is InChI=1S/C53H64O29/c1-24(57)72-22-35-45(77-37(61)16-12-26-10-14-29(59)31(18-26)71-3)46(78-50-43(67)41(65)38(62)32(19-54)74-50)47(79-51-44(68)42(66)39(63)33(20-55)75-51)52(76-35)82-53(23-73-36(60)15-11-25-9-13-28(58)30(17-25)70-2)48(40(64)34(21-56)81-53)80-49(69)27-7-5-4-6-8-27/h4-18,32-35,38-48,50-52,54-56,58-59,62-68H,19-23H2,1-3H3/b15-11+,16-12+/t32-,33-,34-,35-,38-,39-,40-,41+,42+,43-,44-,45-,46+,47-,48+,50+,51+,52-,53+/m1/s1. The molecule has 29 nitrogen and oxygen atoms in total. The van der Waals surface area contributed by atoms with E-state index in [9.17, 15) is 80.5 Å². The van der Waals surface area contributed by atoms with Crippen molar-refractivity contribution in [2.75, 3.05) is 47.3 Å². The fourth-order valence-corrected chi connectivity index (χ4v) is 9.09. The van der Waals surface area contributed by atoms with Crippen LogP contribution in [0.5, 0.6) is 23.0 Å². The van der Waals surface area contributed by atoms with Crippen LogP contribution in [-0.2, 0) is 66.5 Å². The van der Waals surface area contributed by atoms with Gasteiger partial charge in [0.1, 0.15) is 92.6 Å². The van der Waals surface area contributed by atoms with Crippen LogP contribution in [0.15, 0.2) is 78.9 Å². The Morgan fingerprint density at radius 2 is 1.07 bits per heavy atom. The molecular formula is C53H64O29. The van der Waals surface area contributed by atoms with Gasteiger partial charge in [-0.3, -0.25) is 4.79 Å². The van der Waals surface area contributed by atoms with Gasteiger partial charge in [-0.2, -0.15) is 0 Å². The molecule has 0 saturated carbocycles. The van der Waals surface area contributed by atoms with E-state index in [1.54, 1.807) is 6.07 Å². The lowest BCUT2D eigenvalue weighted by molar-refractivity contribution is -0.421. The minimum Gasteiger partial charge on any atom is -0.504 e. The minimum atomic E-state index is -2.93. The zero-order chi connectivity index (χ0) is 59.6. The Morgan fingerprint density at radius 3 is 1.59 bits per heavy atom. The molecule has 7 rings (SSSR count). The van der Waals surface area contributed by atoms with Crippen LogP contribution < -0.4 is 9.47 Å². The SMILES string of the molecule is COc1cc(/C=C/C(=O)OC[C@@]2(O[C@H]3O[C@H](COC(C)=O)[C@@H](OC(=O)/C=C/c4ccc(O)c(OC)c4)[C@H](O[C@@H]4O[C@H](CO)[C@@H](O)[C@H](O)[C@H]4O)[C@H]3O[C@@H]3O[C@H](CO)[C@@H](O)[C@H](O)[C@H]3O)O[C@H](CO)[C@@H](O)[C@@H]2OC(=O)c2ccccc2)ccc1O. The predicted molar refractivity (Wildman–Crippen MR) is 268 cm³/mol. The van der Waals surface area contributed by atoms with E-state index in [4.69, 9.17) is 61.6 Å². The first kappa shape index (κ1) is 63.1. The Morgan fingerprint density at radius 1 is 0.561 bits per heavy atom. The summed E-state index contributed by atoms with van der Waals surface area (Å²) in [6.07, 6.45) is -33.5. The first-order valence-electron chi connectivity index (χ1n) is 25.2. The van der Waals surface area contributed by atoms with Crippen molar-refractivity contribution in [3.8, 4) is 23.0 Å². The minimum absolute atomic E-state index is 0.00475. The fraction of sp³-hybridized carbons (Fsp3) is 0.509. The summed E-state index contributed by atoms with van der Waals surface area (Å²) in [5.41, 5.74) is 0.453. The zero-order valence-electron chi connectivity index (χ0n) is 43.9. The summed E-state index contributed by atoms with van der Waals surface area (Å²) in [6.45, 7) is -4.28. The smallest absolute Gasteiger partial charge is 0.338 e. The summed E-state index contributed by atoms with van der Waals surface area (Å²) in [4.78, 5) is 54.4. The molecule has 82 heavy (non-hydrogen) atoms. The van der Waals surface area contributed by atoms with Gasteiger partial charge in [-0.05, 0) is 59.7 Å². The van der Waals surface area contributed by atoms with E-state index in [1.165, 1.54) is 87.0 Å². The number of carbonyl (C=O) groups excluding carboxylic acids is 4. The van der Waals surface area contributed by atoms with Crippen molar-refractivity contribution in [1.82, 2.24) is 0 Å². The van der Waals surface area contributed by atoms with Crippen molar-refractivity contribution in [3.63, 3.8) is 0 Å². The number of ether oxygens (including phenoxy) is 13. The third-order valence-electron chi connectivity index (χ3n) is 13.4. The van der Waals surface area contributed by atoms with E-state index >= 15 is 0 Å². The Kier molecular flexibility index (Phi) is 21.7. The average molecular weight is 1170 g/mol. The molecule has 0 unspecified atom stereocenters. The van der Waals surface area contributed by atoms with Gasteiger partial charge in [0.15, 0.2) is 54.1 Å². The maximum absolute atomic E-state index is 14.1. The van der Waals surface area contributed by atoms with Crippen LogP contribution in [0, 0.1) is 0 Å². The first-order valence-corrected chi connectivity index (χ1v) is 25.2. The van der Waals surface area contributed by atoms with Crippen molar-refractivity contribution >= 4 is 36.0 Å². The number of aromatic hydroxyl groups is 2. The summed E-state index contributed by atoms with van der Waals surface area (Å²) in [7, 11) is 2.56. The van der Waals surface area contributed by atoms with Crippen LogP contribution in [-0.4, -0.2) is 249 Å². The lowest BCUT2D eigenvalue weighted by Gasteiger charge is -2.50. The second-order valence-corrected chi connectivity index (χ2v) is 18.9. The molecule has 0 radical (unpaired) electrons. The van der Waals surface area contributed by atoms with Crippen LogP contribution in [0.4, 0.5) is 0 Å². The summed E-state index contributed by atoms with van der Waals surface area (Å²) < 4.78 is 76.3. The maximum Gasteiger partial charge on any atom is 0.338 e. The van der Waals surface area contributed by atoms with E-state index in [2.05, 4.69) is 0 Å². The fourth-order valence-electron chi connectivity index (χ4n) is 9.09. The van der Waals surface area contributed by atoms with Gasteiger partial charge in [-0.25, -0.2) is 14.4 Å². The highest BCUT2D eigenvalue weighted by atomic mass is 16.8. The van der Waals surface area contributed by atoms with Crippen molar-refractivity contribution < 1.29 is 142 Å². The highest BCUT2D eigenvalue weighted by Gasteiger charge is 2.64. The Bertz CT molecular complexity index is 2690. The number of aliphatic hydroxyl groups excluding tert-OH is 10. The Balaban J connectivity index is 1.39. The summed E-state index contributed by atoms with van der Waals surface area (Å²) >= 11 is 0. The maximum atomic E-state index is 14.1. The molecular weight excluding hydrogens is 1100 g/mol. The van der Waals surface area contributed by atoms with Gasteiger partial charge < -0.3 is 123 Å². The summed E-state index contributed by atoms with van der Waals surface area (Å²) in [6, 6.07) is 15.2. The van der Waals surface area contributed by atoms with Gasteiger partial charge in [-0.15, -0.1) is 0 Å². The zero-order valence-corrected chi connectivity index (χ0v) is 43.9. The third-order valence-corrected chi connectivity index (χ3v) is 13.4. The summed E-state index contributed by atoms with van der Waals surface area (Å²) in [5.74, 6) is -7.94. The number of benzene rings is 3. The van der Waals surface area contributed by atoms with Gasteiger partial charge in [-0.1, -0.05) is 30.3 Å². The quantitative estimate of drug-likeness (QED) is 0.0266. The van der Waals surface area contributed by atoms with E-state index < -0.39 is 173 Å². The third kappa shape index (κ3) is 14.6. The lowest BCUT2D eigenvalue weighted by atomic mass is 9.95. The highest BCUT2D eigenvalue weighted by Crippen LogP contribution is 2.42. The Hall–Kier alpha value is -6.46. The number of methoxy groups -OCH3 is 2. The number of esters is 4. The molecule has 3 aromatic rings. The largest absolute Gasteiger partial charge is 0.504 e. The molecule has 19 atom stereocenters. The predicted octanol–water partition coefficient (Wildman–Crippen LogP) is -3.35. The molecule has 12 N–H and O–H groups in total. The van der Waals surface area contributed by atoms with Gasteiger partial charge in [0.05, 0.1) is 39.6 Å². The molecule has 4 heterocycles. The number of hydrogen-bond acceptors (Lipinski definition) is 29. The average Bonchev–Trinajstić information content (AvgIpc) is 3.55. The Labute approximate surface area is 466 Å². The van der Waals surface area contributed by atoms with Crippen LogP contribution >= 0.6 is 0 Å². The topological polar surface area (TPSA) is 431 Å². The van der Waals surface area contributed by atoms with Crippen molar-refractivity contribution in [1.29, 1.82) is 0 Å². The monoisotopic (exact) mass is 1160 g/mol. The first-order chi connectivity index (χ1) is 39.1. The molecule has 4 aliphatic heterocycles. The van der Waals surface area contributed by atoms with Gasteiger partial charge in [0.2, 0.25) is 5.79 Å². The van der Waals surface area contributed by atoms with Crippen LogP contribution in [0.25, 0.3) is 12.2 Å². The number of aliphatic hydroxyl groups is 10. The van der Waals surface area contributed by atoms with Crippen molar-refractivity contribution in [2.45, 2.75) is 123 Å². The number of hydrogen-bond donors (Lipinski definition) is 12. The van der Waals surface area contributed by atoms with Crippen molar-refractivity contribution in [2.24, 2.45) is 0 Å². The molecule has 450 valence electrons. The molecule has 4 saturated heterocycles. The van der Waals surface area contributed by atoms with Gasteiger partial charge in [0, 0.05) is 19.1 Å². The van der Waals surface area contributed by atoms with E-state index in [0.29, 0.717) is 5.56 Å². The molecule has 3 aromatic carbocycles. The summed E-state index contributed by atoms with van der Waals surface area (Å²) in [5, 5.41) is 130. The van der Waals surface area contributed by atoms with Crippen molar-refractivity contribution in [3.05, 3.63) is 95.6 Å². The van der Waals surface area contributed by atoms with E-state index in [0.717, 1.165) is 19.1 Å². The normalized spacial score (nSPS) is 33.9. The molecule has 0 aromatic heterocycles. The lowest BCUT2D eigenvalue weighted by Crippen LogP contribution is -2.69. The van der Waals surface area contributed by atoms with E-state index in [-0.39, 0.29) is 34.1 Å². The molecule has 4 fully saturated rings.